The summed E-state index contributed by atoms with van der Waals surface area (Å²) in [5.41, 5.74) is 1.09. The minimum atomic E-state index is -3.72. The summed E-state index contributed by atoms with van der Waals surface area (Å²) >= 11 is 0. The Hall–Kier alpha value is -2.16. The second-order valence-electron chi connectivity index (χ2n) is 9.42. The van der Waals surface area contributed by atoms with Gasteiger partial charge in [-0.15, -0.1) is 0 Å². The summed E-state index contributed by atoms with van der Waals surface area (Å²) in [5, 5.41) is 2.84. The first-order valence-electron chi connectivity index (χ1n) is 10.9. The van der Waals surface area contributed by atoms with E-state index < -0.39 is 15.4 Å². The van der Waals surface area contributed by atoms with Gasteiger partial charge in [-0.2, -0.15) is 0 Å². The summed E-state index contributed by atoms with van der Waals surface area (Å²) in [4.78, 5) is 14.4. The average molecular weight is 446 g/mol. The second-order valence-corrected chi connectivity index (χ2v) is 11.2. The van der Waals surface area contributed by atoms with E-state index in [1.54, 1.807) is 24.5 Å². The molecule has 1 fully saturated rings. The van der Waals surface area contributed by atoms with Crippen LogP contribution in [0.5, 0.6) is 0 Å². The summed E-state index contributed by atoms with van der Waals surface area (Å²) in [7, 11) is -3.72. The SMILES string of the molecule is CC1CCN(C(CNS(=O)(=O)c2ccc3c(c2)C(C)(C)CC(=O)N3)c2ccco2)CC1. The molecule has 0 spiro atoms. The summed E-state index contributed by atoms with van der Waals surface area (Å²) in [5.74, 6) is 1.40. The van der Waals surface area contributed by atoms with Gasteiger partial charge in [0.2, 0.25) is 15.9 Å². The zero-order valence-corrected chi connectivity index (χ0v) is 19.2. The van der Waals surface area contributed by atoms with Gasteiger partial charge in [-0.1, -0.05) is 20.8 Å². The molecule has 4 rings (SSSR count). The predicted molar refractivity (Wildman–Crippen MR) is 119 cm³/mol. The van der Waals surface area contributed by atoms with Crippen molar-refractivity contribution < 1.29 is 17.6 Å². The molecule has 0 bridgehead atoms. The number of nitrogens with one attached hydrogen (secondary N) is 2. The third kappa shape index (κ3) is 4.71. The van der Waals surface area contributed by atoms with Gasteiger partial charge in [-0.3, -0.25) is 9.69 Å². The highest BCUT2D eigenvalue weighted by atomic mass is 32.2. The van der Waals surface area contributed by atoms with Gasteiger partial charge < -0.3 is 9.73 Å². The number of rotatable bonds is 6. The van der Waals surface area contributed by atoms with Crippen LogP contribution < -0.4 is 10.0 Å². The van der Waals surface area contributed by atoms with E-state index in [4.69, 9.17) is 4.42 Å². The third-order valence-electron chi connectivity index (χ3n) is 6.50. The molecule has 1 atom stereocenters. The Kier molecular flexibility index (Phi) is 5.98. The maximum absolute atomic E-state index is 13.2. The van der Waals surface area contributed by atoms with Crippen molar-refractivity contribution in [3.05, 3.63) is 47.9 Å². The van der Waals surface area contributed by atoms with E-state index in [2.05, 4.69) is 21.9 Å². The topological polar surface area (TPSA) is 91.7 Å². The molecule has 2 aliphatic heterocycles. The molecule has 1 aromatic carbocycles. The summed E-state index contributed by atoms with van der Waals surface area (Å²) < 4.78 is 34.7. The van der Waals surface area contributed by atoms with Crippen LogP contribution in [0.15, 0.2) is 45.9 Å². The molecule has 1 amide bonds. The van der Waals surface area contributed by atoms with E-state index in [1.807, 2.05) is 26.0 Å². The highest BCUT2D eigenvalue weighted by Crippen LogP contribution is 2.38. The molecule has 8 heteroatoms. The summed E-state index contributed by atoms with van der Waals surface area (Å²) in [6.45, 7) is 8.24. The molecule has 2 aromatic rings. The molecule has 2 aliphatic rings. The largest absolute Gasteiger partial charge is 0.468 e. The van der Waals surface area contributed by atoms with E-state index in [9.17, 15) is 13.2 Å². The Morgan fingerprint density at radius 1 is 1.26 bits per heavy atom. The number of furan rings is 1. The number of carbonyl (C=O) groups excluding carboxylic acids is 1. The fourth-order valence-corrected chi connectivity index (χ4v) is 5.62. The van der Waals surface area contributed by atoms with Gasteiger partial charge >= 0.3 is 0 Å². The number of fused-ring (bicyclic) bond motifs is 1. The van der Waals surface area contributed by atoms with Gasteiger partial charge in [0, 0.05) is 24.1 Å². The molecule has 0 radical (unpaired) electrons. The Morgan fingerprint density at radius 2 is 2.00 bits per heavy atom. The molecule has 3 heterocycles. The molecule has 168 valence electrons. The first kappa shape index (κ1) is 22.0. The van der Waals surface area contributed by atoms with Gasteiger partial charge in [0.25, 0.3) is 0 Å². The minimum absolute atomic E-state index is 0.0524. The van der Waals surface area contributed by atoms with Crippen LogP contribution >= 0.6 is 0 Å². The third-order valence-corrected chi connectivity index (χ3v) is 7.93. The van der Waals surface area contributed by atoms with Crippen LogP contribution in [0.25, 0.3) is 0 Å². The van der Waals surface area contributed by atoms with Gasteiger partial charge in [0.15, 0.2) is 0 Å². The molecule has 1 saturated heterocycles. The lowest BCUT2D eigenvalue weighted by Crippen LogP contribution is -2.41. The van der Waals surface area contributed by atoms with Crippen LogP contribution in [0.3, 0.4) is 0 Å². The maximum Gasteiger partial charge on any atom is 0.240 e. The molecular weight excluding hydrogens is 414 g/mol. The molecule has 0 aliphatic carbocycles. The lowest BCUT2D eigenvalue weighted by atomic mass is 9.78. The monoisotopic (exact) mass is 445 g/mol. The minimum Gasteiger partial charge on any atom is -0.468 e. The van der Waals surface area contributed by atoms with Crippen LogP contribution in [-0.2, 0) is 20.2 Å². The number of carbonyl (C=O) groups is 1. The molecule has 2 N–H and O–H groups in total. The van der Waals surface area contributed by atoms with Crippen molar-refractivity contribution in [1.82, 2.24) is 9.62 Å². The molecule has 1 aromatic heterocycles. The van der Waals surface area contributed by atoms with Crippen molar-refractivity contribution in [2.45, 2.75) is 56.4 Å². The summed E-state index contributed by atoms with van der Waals surface area (Å²) in [6, 6.07) is 8.50. The quantitative estimate of drug-likeness (QED) is 0.708. The molecular formula is C23H31N3O4S. The van der Waals surface area contributed by atoms with Gasteiger partial charge in [-0.05, 0) is 67.7 Å². The second kappa shape index (κ2) is 8.41. The smallest absolute Gasteiger partial charge is 0.240 e. The van der Waals surface area contributed by atoms with Crippen molar-refractivity contribution in [2.24, 2.45) is 5.92 Å². The number of hydrogen-bond acceptors (Lipinski definition) is 5. The number of anilines is 1. The highest BCUT2D eigenvalue weighted by Gasteiger charge is 2.34. The van der Waals surface area contributed by atoms with Crippen molar-refractivity contribution in [2.75, 3.05) is 25.0 Å². The predicted octanol–water partition coefficient (Wildman–Crippen LogP) is 3.65. The first-order valence-corrected chi connectivity index (χ1v) is 12.4. The van der Waals surface area contributed by atoms with Gasteiger partial charge in [0.1, 0.15) is 5.76 Å². The number of sulfonamides is 1. The van der Waals surface area contributed by atoms with Gasteiger partial charge in [0.05, 0.1) is 17.2 Å². The first-order chi connectivity index (χ1) is 14.7. The standard InChI is InChI=1S/C23H31N3O4S/c1-16-8-10-26(11-9-16)20(21-5-4-12-30-21)15-24-31(28,29)17-6-7-19-18(13-17)23(2,3)14-22(27)25-19/h4-7,12-13,16,20,24H,8-11,14-15H2,1-3H3,(H,25,27). The Balaban J connectivity index is 1.55. The summed E-state index contributed by atoms with van der Waals surface area (Å²) in [6.07, 6.45) is 4.14. The van der Waals surface area contributed by atoms with Crippen LogP contribution in [0.4, 0.5) is 5.69 Å². The number of benzene rings is 1. The number of hydrogen-bond donors (Lipinski definition) is 2. The van der Waals surface area contributed by atoms with Crippen LogP contribution in [0, 0.1) is 5.92 Å². The maximum atomic E-state index is 13.2. The molecule has 7 nitrogen and oxygen atoms in total. The van der Waals surface area contributed by atoms with Crippen LogP contribution in [0.2, 0.25) is 0 Å². The highest BCUT2D eigenvalue weighted by molar-refractivity contribution is 7.89. The average Bonchev–Trinajstić information content (AvgIpc) is 3.23. The number of nitrogens with zero attached hydrogens (tertiary/aromatic N) is 1. The Labute approximate surface area is 184 Å². The van der Waals surface area contributed by atoms with Gasteiger partial charge in [-0.25, -0.2) is 13.1 Å². The lowest BCUT2D eigenvalue weighted by molar-refractivity contribution is -0.117. The van der Waals surface area contributed by atoms with Crippen LogP contribution in [0.1, 0.15) is 57.4 Å². The van der Waals surface area contributed by atoms with Crippen molar-refractivity contribution >= 4 is 21.6 Å². The van der Waals surface area contributed by atoms with Crippen molar-refractivity contribution in [3.8, 4) is 0 Å². The number of amides is 1. The molecule has 1 unspecified atom stereocenters. The van der Waals surface area contributed by atoms with E-state index in [0.717, 1.165) is 37.3 Å². The normalized spacial score (nSPS) is 20.8. The fourth-order valence-electron chi connectivity index (χ4n) is 4.55. The van der Waals surface area contributed by atoms with Crippen molar-refractivity contribution in [3.63, 3.8) is 0 Å². The Bertz CT molecular complexity index is 1040. The Morgan fingerprint density at radius 3 is 2.68 bits per heavy atom. The van der Waals surface area contributed by atoms with E-state index >= 15 is 0 Å². The van der Waals surface area contributed by atoms with Crippen LogP contribution in [-0.4, -0.2) is 38.9 Å². The zero-order valence-electron chi connectivity index (χ0n) is 18.3. The fraction of sp³-hybridized carbons (Fsp3) is 0.522. The van der Waals surface area contributed by atoms with E-state index in [0.29, 0.717) is 18.0 Å². The number of likely N-dealkylation sites (tertiary alicyclic amines) is 1. The lowest BCUT2D eigenvalue weighted by Gasteiger charge is -2.35. The van der Waals surface area contributed by atoms with E-state index in [1.165, 1.54) is 0 Å². The molecule has 0 saturated carbocycles. The molecule has 31 heavy (non-hydrogen) atoms. The van der Waals surface area contributed by atoms with E-state index in [-0.39, 0.29) is 23.4 Å². The van der Waals surface area contributed by atoms with Crippen molar-refractivity contribution in [1.29, 1.82) is 0 Å². The number of piperidine rings is 1. The zero-order chi connectivity index (χ0) is 22.2.